The lowest BCUT2D eigenvalue weighted by Crippen LogP contribution is -2.28. The maximum absolute atomic E-state index is 11.9. The van der Waals surface area contributed by atoms with Crippen LogP contribution in [0.15, 0.2) is 30.5 Å². The molecule has 0 bridgehead atoms. The first-order valence-corrected chi connectivity index (χ1v) is 11.1. The van der Waals surface area contributed by atoms with Crippen LogP contribution in [0.1, 0.15) is 41.2 Å². The number of hydrogen-bond acceptors (Lipinski definition) is 8. The monoisotopic (exact) mass is 436 g/mol. The maximum Gasteiger partial charge on any atom is 0.337 e. The van der Waals surface area contributed by atoms with Gasteiger partial charge < -0.3 is 24.3 Å². The van der Waals surface area contributed by atoms with E-state index in [0.29, 0.717) is 24.6 Å². The van der Waals surface area contributed by atoms with Crippen molar-refractivity contribution in [3.8, 4) is 0 Å². The molecule has 2 aliphatic rings. The van der Waals surface area contributed by atoms with Gasteiger partial charge in [0.2, 0.25) is 11.9 Å². The SMILES string of the molecule is COCCn1c(NC2CCN(c3nccc(C4CC4)n3)C2)nc2cc(C(=O)OC)ccc21. The molecule has 1 saturated carbocycles. The molecule has 5 rings (SSSR count). The number of aromatic nitrogens is 4. The number of esters is 1. The fourth-order valence-corrected chi connectivity index (χ4v) is 4.26. The van der Waals surface area contributed by atoms with Crippen molar-refractivity contribution in [1.82, 2.24) is 19.5 Å². The summed E-state index contributed by atoms with van der Waals surface area (Å²) in [6.45, 7) is 2.94. The molecule has 1 aliphatic carbocycles. The molecule has 2 aromatic heterocycles. The molecule has 0 amide bonds. The first-order valence-electron chi connectivity index (χ1n) is 11.1. The number of hydrogen-bond donors (Lipinski definition) is 1. The van der Waals surface area contributed by atoms with Crippen LogP contribution in [0.4, 0.5) is 11.9 Å². The molecule has 0 radical (unpaired) electrons. The Morgan fingerprint density at radius 2 is 2.06 bits per heavy atom. The molecular weight excluding hydrogens is 408 g/mol. The Labute approximate surface area is 186 Å². The van der Waals surface area contributed by atoms with Crippen molar-refractivity contribution in [2.75, 3.05) is 44.1 Å². The highest BCUT2D eigenvalue weighted by Gasteiger charge is 2.29. The van der Waals surface area contributed by atoms with E-state index in [4.69, 9.17) is 19.4 Å². The number of rotatable bonds is 8. The van der Waals surface area contributed by atoms with Gasteiger partial charge in [-0.15, -0.1) is 0 Å². The van der Waals surface area contributed by atoms with E-state index >= 15 is 0 Å². The van der Waals surface area contributed by atoms with Gasteiger partial charge in [0.05, 0.1) is 30.3 Å². The fraction of sp³-hybridized carbons (Fsp3) is 0.478. The standard InChI is InChI=1S/C23H28N6O3/c1-31-12-11-29-20-6-5-16(21(30)32-2)13-19(20)27-23(29)25-17-8-10-28(14-17)22-24-9-7-18(26-22)15-3-4-15/h5-7,9,13,15,17H,3-4,8,10-12,14H2,1-2H3,(H,25,27). The van der Waals surface area contributed by atoms with Crippen LogP contribution in [-0.4, -0.2) is 65.4 Å². The molecule has 168 valence electrons. The van der Waals surface area contributed by atoms with Crippen molar-refractivity contribution in [2.24, 2.45) is 0 Å². The largest absolute Gasteiger partial charge is 0.465 e. The number of nitrogens with one attached hydrogen (secondary N) is 1. The van der Waals surface area contributed by atoms with Crippen molar-refractivity contribution in [2.45, 2.75) is 37.8 Å². The number of methoxy groups -OCH3 is 2. The number of carbonyl (C=O) groups excluding carboxylic acids is 1. The predicted octanol–water partition coefficient (Wildman–Crippen LogP) is 2.83. The molecule has 32 heavy (non-hydrogen) atoms. The Bertz CT molecular complexity index is 1130. The first-order chi connectivity index (χ1) is 15.7. The maximum atomic E-state index is 11.9. The molecule has 1 N–H and O–H groups in total. The number of ether oxygens (including phenoxy) is 2. The average Bonchev–Trinajstić information content (AvgIpc) is 3.48. The normalized spacial score (nSPS) is 18.3. The summed E-state index contributed by atoms with van der Waals surface area (Å²) < 4.78 is 12.3. The van der Waals surface area contributed by atoms with Crippen molar-refractivity contribution < 1.29 is 14.3 Å². The van der Waals surface area contributed by atoms with Gasteiger partial charge in [-0.2, -0.15) is 0 Å². The molecule has 3 heterocycles. The third-order valence-corrected chi connectivity index (χ3v) is 6.15. The van der Waals surface area contributed by atoms with Crippen LogP contribution >= 0.6 is 0 Å². The van der Waals surface area contributed by atoms with E-state index in [2.05, 4.69) is 19.8 Å². The topological polar surface area (TPSA) is 94.4 Å². The zero-order valence-corrected chi connectivity index (χ0v) is 18.5. The lowest BCUT2D eigenvalue weighted by Gasteiger charge is -2.18. The second kappa shape index (κ2) is 8.74. The number of anilines is 2. The van der Waals surface area contributed by atoms with Crippen LogP contribution in [0, 0.1) is 0 Å². The lowest BCUT2D eigenvalue weighted by molar-refractivity contribution is 0.0601. The molecule has 1 saturated heterocycles. The zero-order chi connectivity index (χ0) is 22.1. The molecule has 2 fully saturated rings. The van der Waals surface area contributed by atoms with Crippen molar-refractivity contribution >= 4 is 28.9 Å². The second-order valence-electron chi connectivity index (χ2n) is 8.41. The summed E-state index contributed by atoms with van der Waals surface area (Å²) >= 11 is 0. The number of imidazole rings is 1. The molecule has 1 aliphatic heterocycles. The quantitative estimate of drug-likeness (QED) is 0.539. The average molecular weight is 437 g/mol. The Kier molecular flexibility index (Phi) is 5.65. The van der Waals surface area contributed by atoms with Gasteiger partial charge in [0.15, 0.2) is 0 Å². The van der Waals surface area contributed by atoms with Crippen LogP contribution in [0.3, 0.4) is 0 Å². The van der Waals surface area contributed by atoms with E-state index in [1.165, 1.54) is 20.0 Å². The highest BCUT2D eigenvalue weighted by Crippen LogP contribution is 2.39. The van der Waals surface area contributed by atoms with Gasteiger partial charge in [-0.25, -0.2) is 19.7 Å². The Hall–Kier alpha value is -3.20. The Morgan fingerprint density at radius 1 is 1.19 bits per heavy atom. The summed E-state index contributed by atoms with van der Waals surface area (Å²) in [5.74, 6) is 1.84. The van der Waals surface area contributed by atoms with E-state index in [1.807, 2.05) is 18.3 Å². The van der Waals surface area contributed by atoms with Gasteiger partial charge in [-0.05, 0) is 43.5 Å². The van der Waals surface area contributed by atoms with Crippen molar-refractivity contribution in [3.63, 3.8) is 0 Å². The third kappa shape index (κ3) is 4.12. The molecule has 1 atom stereocenters. The van der Waals surface area contributed by atoms with Gasteiger partial charge in [0.1, 0.15) is 0 Å². The first kappa shape index (κ1) is 20.7. The van der Waals surface area contributed by atoms with Gasteiger partial charge >= 0.3 is 5.97 Å². The highest BCUT2D eigenvalue weighted by atomic mass is 16.5. The van der Waals surface area contributed by atoms with Gasteiger partial charge in [-0.3, -0.25) is 0 Å². The minimum absolute atomic E-state index is 0.223. The molecule has 9 heteroatoms. The number of carbonyl (C=O) groups is 1. The Morgan fingerprint density at radius 3 is 2.84 bits per heavy atom. The van der Waals surface area contributed by atoms with Gasteiger partial charge in [0, 0.05) is 50.6 Å². The van der Waals surface area contributed by atoms with Crippen molar-refractivity contribution in [3.05, 3.63) is 41.7 Å². The number of benzene rings is 1. The summed E-state index contributed by atoms with van der Waals surface area (Å²) in [4.78, 5) is 28.3. The van der Waals surface area contributed by atoms with Crippen LogP contribution in [0.2, 0.25) is 0 Å². The molecular formula is C23H28N6O3. The van der Waals surface area contributed by atoms with Crippen LogP contribution in [0.25, 0.3) is 11.0 Å². The zero-order valence-electron chi connectivity index (χ0n) is 18.5. The minimum atomic E-state index is -0.368. The molecule has 1 unspecified atom stereocenters. The predicted molar refractivity (Wildman–Crippen MR) is 121 cm³/mol. The van der Waals surface area contributed by atoms with Crippen LogP contribution in [-0.2, 0) is 16.0 Å². The fourth-order valence-electron chi connectivity index (χ4n) is 4.26. The minimum Gasteiger partial charge on any atom is -0.465 e. The lowest BCUT2D eigenvalue weighted by atomic mass is 10.2. The molecule has 1 aromatic carbocycles. The summed E-state index contributed by atoms with van der Waals surface area (Å²) in [6.07, 6.45) is 5.31. The third-order valence-electron chi connectivity index (χ3n) is 6.15. The van der Waals surface area contributed by atoms with Crippen LogP contribution in [0.5, 0.6) is 0 Å². The van der Waals surface area contributed by atoms with Crippen LogP contribution < -0.4 is 10.2 Å². The van der Waals surface area contributed by atoms with E-state index < -0.39 is 0 Å². The number of fused-ring (bicyclic) bond motifs is 1. The highest BCUT2D eigenvalue weighted by molar-refractivity contribution is 5.94. The summed E-state index contributed by atoms with van der Waals surface area (Å²) in [6, 6.07) is 7.71. The molecule has 0 spiro atoms. The summed E-state index contributed by atoms with van der Waals surface area (Å²) in [7, 11) is 3.07. The van der Waals surface area contributed by atoms with Gasteiger partial charge in [0.25, 0.3) is 0 Å². The molecule has 9 nitrogen and oxygen atoms in total. The second-order valence-corrected chi connectivity index (χ2v) is 8.41. The summed E-state index contributed by atoms with van der Waals surface area (Å²) in [5, 5.41) is 3.60. The van der Waals surface area contributed by atoms with Crippen molar-refractivity contribution in [1.29, 1.82) is 0 Å². The smallest absolute Gasteiger partial charge is 0.337 e. The van der Waals surface area contributed by atoms with Gasteiger partial charge in [-0.1, -0.05) is 0 Å². The van der Waals surface area contributed by atoms with E-state index in [1.54, 1.807) is 19.2 Å². The molecule has 3 aromatic rings. The number of nitrogens with zero attached hydrogens (tertiary/aromatic N) is 5. The van der Waals surface area contributed by atoms with E-state index in [-0.39, 0.29) is 12.0 Å². The van der Waals surface area contributed by atoms with E-state index in [9.17, 15) is 4.79 Å². The Balaban J connectivity index is 1.35. The summed E-state index contributed by atoms with van der Waals surface area (Å²) in [5.41, 5.74) is 3.35. The van der Waals surface area contributed by atoms with E-state index in [0.717, 1.165) is 48.1 Å².